The molecule has 1 unspecified atom stereocenters. The average molecular weight is 378 g/mol. The zero-order valence-electron chi connectivity index (χ0n) is 14.5. The third kappa shape index (κ3) is 4.45. The molecule has 1 fully saturated rings. The number of aromatic nitrogens is 3. The Morgan fingerprint density at radius 2 is 2.27 bits per heavy atom. The van der Waals surface area contributed by atoms with Gasteiger partial charge >= 0.3 is 0 Å². The van der Waals surface area contributed by atoms with E-state index in [0.29, 0.717) is 17.8 Å². The average Bonchev–Trinajstić information content (AvgIpc) is 3.27. The van der Waals surface area contributed by atoms with Gasteiger partial charge in [0, 0.05) is 38.2 Å². The van der Waals surface area contributed by atoms with Crippen LogP contribution in [-0.4, -0.2) is 54.8 Å². The van der Waals surface area contributed by atoms with Crippen molar-refractivity contribution >= 4 is 15.9 Å². The molecule has 0 radical (unpaired) electrons. The minimum Gasteiger partial charge on any atom is -0.348 e. The summed E-state index contributed by atoms with van der Waals surface area (Å²) < 4.78 is 29.1. The second kappa shape index (κ2) is 7.94. The molecule has 1 aromatic heterocycles. The Kier molecular flexibility index (Phi) is 5.64. The molecule has 1 aliphatic heterocycles. The topological polar surface area (TPSA) is 118 Å². The molecule has 1 amide bonds. The SMILES string of the molecule is Cn1ncnc1CCNS(=O)(=O)c1cccc(C(=O)NC2CCNC2)c1. The molecule has 1 aromatic carbocycles. The Labute approximate surface area is 152 Å². The van der Waals surface area contributed by atoms with Gasteiger partial charge in [-0.3, -0.25) is 9.48 Å². The van der Waals surface area contributed by atoms with Gasteiger partial charge in [0.2, 0.25) is 10.0 Å². The molecule has 1 atom stereocenters. The molecule has 10 heteroatoms. The molecule has 1 aliphatic rings. The molecule has 26 heavy (non-hydrogen) atoms. The number of nitrogens with one attached hydrogen (secondary N) is 3. The molecule has 3 rings (SSSR count). The molecule has 0 aliphatic carbocycles. The van der Waals surface area contributed by atoms with Crippen molar-refractivity contribution in [3.8, 4) is 0 Å². The van der Waals surface area contributed by atoms with E-state index in [1.165, 1.54) is 18.5 Å². The van der Waals surface area contributed by atoms with E-state index in [-0.39, 0.29) is 23.4 Å². The van der Waals surface area contributed by atoms with Crippen LogP contribution in [0.4, 0.5) is 0 Å². The lowest BCUT2D eigenvalue weighted by atomic mass is 10.2. The van der Waals surface area contributed by atoms with Gasteiger partial charge in [0.1, 0.15) is 12.2 Å². The highest BCUT2D eigenvalue weighted by Crippen LogP contribution is 2.12. The number of benzene rings is 1. The minimum absolute atomic E-state index is 0.0627. The maximum absolute atomic E-state index is 12.5. The van der Waals surface area contributed by atoms with E-state index in [9.17, 15) is 13.2 Å². The summed E-state index contributed by atoms with van der Waals surface area (Å²) >= 11 is 0. The lowest BCUT2D eigenvalue weighted by Crippen LogP contribution is -2.36. The molecule has 1 saturated heterocycles. The molecule has 0 saturated carbocycles. The number of carbonyl (C=O) groups excluding carboxylic acids is 1. The van der Waals surface area contributed by atoms with Crippen LogP contribution in [0.25, 0.3) is 0 Å². The standard InChI is InChI=1S/C16H22N6O3S/c1-22-15(18-11-19-22)6-8-20-26(24,25)14-4-2-3-12(9-14)16(23)21-13-5-7-17-10-13/h2-4,9,11,13,17,20H,5-8,10H2,1H3,(H,21,23). The number of carbonyl (C=O) groups is 1. The van der Waals surface area contributed by atoms with Crippen LogP contribution < -0.4 is 15.4 Å². The Balaban J connectivity index is 1.63. The van der Waals surface area contributed by atoms with Crippen LogP contribution in [0.1, 0.15) is 22.6 Å². The molecule has 0 spiro atoms. The van der Waals surface area contributed by atoms with Gasteiger partial charge in [0.05, 0.1) is 4.90 Å². The van der Waals surface area contributed by atoms with E-state index in [2.05, 4.69) is 25.4 Å². The van der Waals surface area contributed by atoms with Crippen molar-refractivity contribution in [2.75, 3.05) is 19.6 Å². The molecule has 3 N–H and O–H groups in total. The van der Waals surface area contributed by atoms with Crippen LogP contribution in [0.3, 0.4) is 0 Å². The summed E-state index contributed by atoms with van der Waals surface area (Å²) in [5, 5.41) is 10.0. The predicted octanol–water partition coefficient (Wildman–Crippen LogP) is -0.572. The van der Waals surface area contributed by atoms with Gasteiger partial charge in [0.15, 0.2) is 0 Å². The first-order chi connectivity index (χ1) is 12.5. The molecule has 2 heterocycles. The first-order valence-electron chi connectivity index (χ1n) is 8.40. The number of aryl methyl sites for hydroxylation is 1. The number of amides is 1. The van der Waals surface area contributed by atoms with E-state index in [1.807, 2.05) is 0 Å². The van der Waals surface area contributed by atoms with Gasteiger partial charge in [-0.2, -0.15) is 5.10 Å². The Bertz CT molecular complexity index is 874. The van der Waals surface area contributed by atoms with E-state index >= 15 is 0 Å². The lowest BCUT2D eigenvalue weighted by molar-refractivity contribution is 0.0940. The zero-order valence-corrected chi connectivity index (χ0v) is 15.3. The van der Waals surface area contributed by atoms with Crippen LogP contribution >= 0.6 is 0 Å². The number of hydrogen-bond donors (Lipinski definition) is 3. The van der Waals surface area contributed by atoms with Crippen LogP contribution in [0, 0.1) is 0 Å². The number of sulfonamides is 1. The molecule has 0 bridgehead atoms. The zero-order chi connectivity index (χ0) is 18.6. The normalized spacial score (nSPS) is 17.3. The summed E-state index contributed by atoms with van der Waals surface area (Å²) in [4.78, 5) is 16.4. The monoisotopic (exact) mass is 378 g/mol. The summed E-state index contributed by atoms with van der Waals surface area (Å²) in [7, 11) is -1.96. The molecule has 9 nitrogen and oxygen atoms in total. The number of rotatable bonds is 7. The molecule has 140 valence electrons. The van der Waals surface area contributed by atoms with Gasteiger partial charge in [-0.25, -0.2) is 18.1 Å². The maximum atomic E-state index is 12.5. The van der Waals surface area contributed by atoms with Crippen LogP contribution in [0.5, 0.6) is 0 Å². The second-order valence-electron chi connectivity index (χ2n) is 6.14. The lowest BCUT2D eigenvalue weighted by Gasteiger charge is -2.12. The fourth-order valence-electron chi connectivity index (χ4n) is 2.78. The van der Waals surface area contributed by atoms with Gasteiger partial charge in [-0.15, -0.1) is 0 Å². The van der Waals surface area contributed by atoms with Gasteiger partial charge in [-0.05, 0) is 31.2 Å². The van der Waals surface area contributed by atoms with Crippen LogP contribution in [0.15, 0.2) is 35.5 Å². The molecular weight excluding hydrogens is 356 g/mol. The third-order valence-electron chi connectivity index (χ3n) is 4.25. The predicted molar refractivity (Wildman–Crippen MR) is 95.1 cm³/mol. The fourth-order valence-corrected chi connectivity index (χ4v) is 3.86. The maximum Gasteiger partial charge on any atom is 0.251 e. The highest BCUT2D eigenvalue weighted by atomic mass is 32.2. The summed E-state index contributed by atoms with van der Waals surface area (Å²) in [6.07, 6.45) is 2.71. The third-order valence-corrected chi connectivity index (χ3v) is 5.71. The van der Waals surface area contributed by atoms with Crippen molar-refractivity contribution in [2.24, 2.45) is 7.05 Å². The van der Waals surface area contributed by atoms with Crippen molar-refractivity contribution in [1.82, 2.24) is 30.1 Å². The van der Waals surface area contributed by atoms with E-state index in [0.717, 1.165) is 19.5 Å². The van der Waals surface area contributed by atoms with Crippen molar-refractivity contribution < 1.29 is 13.2 Å². The van der Waals surface area contributed by atoms with Crippen molar-refractivity contribution in [1.29, 1.82) is 0 Å². The Hall–Kier alpha value is -2.30. The van der Waals surface area contributed by atoms with Gasteiger partial charge in [-0.1, -0.05) is 6.07 Å². The number of hydrogen-bond acceptors (Lipinski definition) is 6. The van der Waals surface area contributed by atoms with Gasteiger partial charge < -0.3 is 10.6 Å². The smallest absolute Gasteiger partial charge is 0.251 e. The van der Waals surface area contributed by atoms with Crippen molar-refractivity contribution in [3.63, 3.8) is 0 Å². The summed E-state index contributed by atoms with van der Waals surface area (Å²) in [5.74, 6) is 0.417. The number of nitrogens with zero attached hydrogens (tertiary/aromatic N) is 3. The summed E-state index contributed by atoms with van der Waals surface area (Å²) in [6.45, 7) is 1.79. The highest BCUT2D eigenvalue weighted by molar-refractivity contribution is 7.89. The van der Waals surface area contributed by atoms with Crippen LogP contribution in [0.2, 0.25) is 0 Å². The molecular formula is C16H22N6O3S. The van der Waals surface area contributed by atoms with E-state index < -0.39 is 10.0 Å². The summed E-state index contributed by atoms with van der Waals surface area (Å²) in [5.41, 5.74) is 0.327. The first kappa shape index (κ1) is 18.5. The Morgan fingerprint density at radius 1 is 1.42 bits per heavy atom. The Morgan fingerprint density at radius 3 is 2.96 bits per heavy atom. The fraction of sp³-hybridized carbons (Fsp3) is 0.438. The summed E-state index contributed by atoms with van der Waals surface area (Å²) in [6, 6.07) is 6.11. The first-order valence-corrected chi connectivity index (χ1v) is 9.88. The van der Waals surface area contributed by atoms with Gasteiger partial charge in [0.25, 0.3) is 5.91 Å². The van der Waals surface area contributed by atoms with E-state index in [4.69, 9.17) is 0 Å². The second-order valence-corrected chi connectivity index (χ2v) is 7.91. The quantitative estimate of drug-likeness (QED) is 0.594. The van der Waals surface area contributed by atoms with Crippen molar-refractivity contribution in [2.45, 2.75) is 23.8 Å². The van der Waals surface area contributed by atoms with Crippen molar-refractivity contribution in [3.05, 3.63) is 42.0 Å². The highest BCUT2D eigenvalue weighted by Gasteiger charge is 2.20. The van der Waals surface area contributed by atoms with Crippen LogP contribution in [-0.2, 0) is 23.5 Å². The largest absolute Gasteiger partial charge is 0.348 e. The minimum atomic E-state index is -3.71. The van der Waals surface area contributed by atoms with E-state index in [1.54, 1.807) is 23.9 Å². The molecule has 2 aromatic rings.